The van der Waals surface area contributed by atoms with Crippen LogP contribution >= 0.6 is 0 Å². The number of carbonyl (C=O) groups is 4. The van der Waals surface area contributed by atoms with Crippen molar-refractivity contribution in [2.45, 2.75) is 77.7 Å². The van der Waals surface area contributed by atoms with Crippen LogP contribution in [0, 0.1) is 5.92 Å². The number of hydrogen-bond acceptors (Lipinski definition) is 9. The van der Waals surface area contributed by atoms with Crippen molar-refractivity contribution in [3.8, 4) is 0 Å². The minimum Gasteiger partial charge on any atom is -0.466 e. The lowest BCUT2D eigenvalue weighted by atomic mass is 10.1. The van der Waals surface area contributed by atoms with Crippen LogP contribution in [-0.4, -0.2) is 61.5 Å². The van der Waals surface area contributed by atoms with Gasteiger partial charge in [-0.1, -0.05) is 20.4 Å². The Morgan fingerprint density at radius 1 is 0.812 bits per heavy atom. The zero-order valence-corrected chi connectivity index (χ0v) is 19.3. The average molecular weight is 459 g/mol. The predicted molar refractivity (Wildman–Crippen MR) is 116 cm³/mol. The second-order valence-electron chi connectivity index (χ2n) is 7.49. The van der Waals surface area contributed by atoms with Crippen molar-refractivity contribution in [3.05, 3.63) is 12.7 Å². The van der Waals surface area contributed by atoms with Gasteiger partial charge in [-0.25, -0.2) is 4.79 Å². The molecule has 0 radical (unpaired) electrons. The van der Waals surface area contributed by atoms with Crippen molar-refractivity contribution < 1.29 is 43.2 Å². The molecule has 1 N–H and O–H groups in total. The summed E-state index contributed by atoms with van der Waals surface area (Å²) < 4.78 is 19.8. The molecule has 0 saturated heterocycles. The van der Waals surface area contributed by atoms with E-state index in [-0.39, 0.29) is 37.5 Å². The van der Waals surface area contributed by atoms with Gasteiger partial charge in [0.25, 0.3) is 0 Å². The Labute approximate surface area is 190 Å². The lowest BCUT2D eigenvalue weighted by Crippen LogP contribution is -2.24. The summed E-state index contributed by atoms with van der Waals surface area (Å²) in [5.41, 5.74) is 0. The van der Waals surface area contributed by atoms with Crippen LogP contribution in [-0.2, 0) is 38.1 Å². The topological polar surface area (TPSA) is 125 Å². The predicted octanol–water partition coefficient (Wildman–Crippen LogP) is 2.87. The minimum absolute atomic E-state index is 0.0795. The van der Waals surface area contributed by atoms with E-state index >= 15 is 0 Å². The van der Waals surface area contributed by atoms with E-state index in [1.165, 1.54) is 0 Å². The molecule has 0 aliphatic carbocycles. The molecule has 0 spiro atoms. The van der Waals surface area contributed by atoms with Gasteiger partial charge in [-0.05, 0) is 44.9 Å². The zero-order valence-electron chi connectivity index (χ0n) is 19.3. The lowest BCUT2D eigenvalue weighted by Gasteiger charge is -2.11. The van der Waals surface area contributed by atoms with Gasteiger partial charge in [0.1, 0.15) is 19.3 Å². The second-order valence-corrected chi connectivity index (χ2v) is 7.49. The van der Waals surface area contributed by atoms with Gasteiger partial charge in [0, 0.05) is 18.9 Å². The van der Waals surface area contributed by atoms with E-state index in [0.717, 1.165) is 25.3 Å². The third kappa shape index (κ3) is 17.3. The normalized spacial score (nSPS) is 12.3. The van der Waals surface area contributed by atoms with Crippen LogP contribution in [0.2, 0.25) is 0 Å². The maximum atomic E-state index is 11.7. The van der Waals surface area contributed by atoms with Crippen molar-refractivity contribution in [2.24, 2.45) is 5.92 Å². The summed E-state index contributed by atoms with van der Waals surface area (Å²) >= 11 is 0. The molecule has 0 aromatic heterocycles. The largest absolute Gasteiger partial charge is 0.466 e. The molecule has 0 saturated carbocycles. The van der Waals surface area contributed by atoms with Gasteiger partial charge < -0.3 is 24.1 Å². The van der Waals surface area contributed by atoms with Crippen molar-refractivity contribution in [1.82, 2.24) is 0 Å². The smallest absolute Gasteiger partial charge is 0.330 e. The molecule has 2 atom stereocenters. The molecular formula is C23H38O9. The highest BCUT2D eigenvalue weighted by atomic mass is 16.6. The maximum Gasteiger partial charge on any atom is 0.330 e. The number of aliphatic hydroxyl groups is 1. The van der Waals surface area contributed by atoms with Crippen LogP contribution in [0.1, 0.15) is 71.6 Å². The van der Waals surface area contributed by atoms with Crippen molar-refractivity contribution in [3.63, 3.8) is 0 Å². The van der Waals surface area contributed by atoms with Gasteiger partial charge in [-0.15, -0.1) is 0 Å². The van der Waals surface area contributed by atoms with E-state index in [2.05, 4.69) is 11.3 Å². The Balaban J connectivity index is 3.53. The lowest BCUT2D eigenvalue weighted by molar-refractivity contribution is -0.150. The number of ether oxygens (including phenoxy) is 4. The van der Waals surface area contributed by atoms with Crippen molar-refractivity contribution in [1.29, 1.82) is 0 Å². The molecule has 0 heterocycles. The Morgan fingerprint density at radius 2 is 1.34 bits per heavy atom. The first kappa shape index (κ1) is 29.6. The van der Waals surface area contributed by atoms with E-state index in [4.69, 9.17) is 14.2 Å². The molecule has 9 nitrogen and oxygen atoms in total. The molecule has 2 unspecified atom stereocenters. The van der Waals surface area contributed by atoms with Gasteiger partial charge in [0.2, 0.25) is 0 Å². The number of esters is 4. The molecule has 0 amide bonds. The molecule has 0 aromatic carbocycles. The molecule has 0 bridgehead atoms. The highest BCUT2D eigenvalue weighted by Crippen LogP contribution is 2.07. The zero-order chi connectivity index (χ0) is 24.2. The van der Waals surface area contributed by atoms with E-state index in [1.807, 2.05) is 13.8 Å². The van der Waals surface area contributed by atoms with Gasteiger partial charge >= 0.3 is 23.9 Å². The summed E-state index contributed by atoms with van der Waals surface area (Å²) in [5.74, 6) is -1.62. The monoisotopic (exact) mass is 458 g/mol. The van der Waals surface area contributed by atoms with E-state index in [0.29, 0.717) is 45.3 Å². The van der Waals surface area contributed by atoms with Crippen LogP contribution in [0.5, 0.6) is 0 Å². The third-order valence-electron chi connectivity index (χ3n) is 4.59. The molecule has 0 fully saturated rings. The first-order valence-corrected chi connectivity index (χ1v) is 11.2. The van der Waals surface area contributed by atoms with E-state index in [1.54, 1.807) is 0 Å². The summed E-state index contributed by atoms with van der Waals surface area (Å²) in [6.07, 6.45) is 5.29. The highest BCUT2D eigenvalue weighted by Gasteiger charge is 2.12. The average Bonchev–Trinajstić information content (AvgIpc) is 2.79. The van der Waals surface area contributed by atoms with Gasteiger partial charge in [0.15, 0.2) is 0 Å². The van der Waals surface area contributed by atoms with Gasteiger partial charge in [0.05, 0.1) is 19.1 Å². The Hall–Kier alpha value is -2.42. The van der Waals surface area contributed by atoms with Crippen LogP contribution in [0.3, 0.4) is 0 Å². The molecule has 184 valence electrons. The number of hydrogen-bond donors (Lipinski definition) is 1. The molecule has 9 heteroatoms. The van der Waals surface area contributed by atoms with Gasteiger partial charge in [-0.3, -0.25) is 14.4 Å². The molecule has 0 aliphatic rings. The molecule has 32 heavy (non-hydrogen) atoms. The summed E-state index contributed by atoms with van der Waals surface area (Å²) in [7, 11) is 0. The fourth-order valence-corrected chi connectivity index (χ4v) is 2.38. The van der Waals surface area contributed by atoms with Gasteiger partial charge in [-0.2, -0.15) is 0 Å². The molecule has 0 aromatic rings. The molecular weight excluding hydrogens is 420 g/mol. The van der Waals surface area contributed by atoms with Crippen molar-refractivity contribution >= 4 is 23.9 Å². The van der Waals surface area contributed by atoms with Crippen LogP contribution in [0.15, 0.2) is 12.7 Å². The summed E-state index contributed by atoms with van der Waals surface area (Å²) in [6.45, 7) is 7.16. The molecule has 0 aliphatic heterocycles. The fraction of sp³-hybridized carbons (Fsp3) is 0.739. The Bertz CT molecular complexity index is 574. The maximum absolute atomic E-state index is 11.7. The standard InChI is InChI=1S/C23H38O9/c1-4-18(3)23(28)30-15-11-7-8-12-21(26)29-14-10-6-9-13-22(27)32-17-19(24)16-31-20(25)5-2/h5,18-19,24H,2,4,6-17H2,1,3H3. The molecule has 0 rings (SSSR count). The minimum atomic E-state index is -1.08. The SMILES string of the molecule is C=CC(=O)OCC(O)COC(=O)CCCCCOC(=O)CCCCCOC(=O)C(C)CC. The quantitative estimate of drug-likeness (QED) is 0.135. The third-order valence-corrected chi connectivity index (χ3v) is 4.59. The van der Waals surface area contributed by atoms with E-state index in [9.17, 15) is 24.3 Å². The van der Waals surface area contributed by atoms with Crippen molar-refractivity contribution in [2.75, 3.05) is 26.4 Å². The number of rotatable bonds is 19. The van der Waals surface area contributed by atoms with Crippen LogP contribution < -0.4 is 0 Å². The fourth-order valence-electron chi connectivity index (χ4n) is 2.38. The van der Waals surface area contributed by atoms with Crippen LogP contribution in [0.25, 0.3) is 0 Å². The summed E-state index contributed by atoms with van der Waals surface area (Å²) in [6, 6.07) is 0. The Morgan fingerprint density at radius 3 is 1.91 bits per heavy atom. The first-order valence-electron chi connectivity index (χ1n) is 11.2. The first-order chi connectivity index (χ1) is 15.3. The number of aliphatic hydroxyl groups excluding tert-OH is 1. The number of carbonyl (C=O) groups excluding carboxylic acids is 4. The van der Waals surface area contributed by atoms with E-state index < -0.39 is 18.0 Å². The Kier molecular flexibility index (Phi) is 17.8. The highest BCUT2D eigenvalue weighted by molar-refractivity contribution is 5.81. The second kappa shape index (κ2) is 19.3. The summed E-state index contributed by atoms with van der Waals surface area (Å²) in [5, 5.41) is 9.53. The number of unbranched alkanes of at least 4 members (excludes halogenated alkanes) is 4. The summed E-state index contributed by atoms with van der Waals surface area (Å²) in [4.78, 5) is 45.6. The van der Waals surface area contributed by atoms with Crippen LogP contribution in [0.4, 0.5) is 0 Å².